The van der Waals surface area contributed by atoms with E-state index in [0.29, 0.717) is 5.75 Å². The Bertz CT molecular complexity index is 585. The SMILES string of the molecule is CNC(CC1CCS(=O)(=O)C1)c1cc(OC)ccc1OC. The molecule has 0 amide bonds. The van der Waals surface area contributed by atoms with Crippen LogP contribution >= 0.6 is 0 Å². The van der Waals surface area contributed by atoms with Crippen molar-refractivity contribution in [2.24, 2.45) is 5.92 Å². The third-order valence-electron chi connectivity index (χ3n) is 4.06. The third kappa shape index (κ3) is 3.89. The van der Waals surface area contributed by atoms with Gasteiger partial charge in [-0.15, -0.1) is 0 Å². The monoisotopic (exact) mass is 313 g/mol. The number of hydrogen-bond acceptors (Lipinski definition) is 5. The first-order chi connectivity index (χ1) is 9.99. The molecule has 0 aliphatic carbocycles. The van der Waals surface area contributed by atoms with Gasteiger partial charge < -0.3 is 14.8 Å². The summed E-state index contributed by atoms with van der Waals surface area (Å²) in [7, 11) is 2.30. The van der Waals surface area contributed by atoms with Crippen LogP contribution in [-0.4, -0.2) is 41.2 Å². The maximum absolute atomic E-state index is 11.6. The van der Waals surface area contributed by atoms with Crippen LogP contribution in [0.25, 0.3) is 0 Å². The highest BCUT2D eigenvalue weighted by Crippen LogP contribution is 2.35. The van der Waals surface area contributed by atoms with Crippen LogP contribution in [0.15, 0.2) is 18.2 Å². The number of ether oxygens (including phenoxy) is 2. The van der Waals surface area contributed by atoms with E-state index in [1.165, 1.54) is 0 Å². The van der Waals surface area contributed by atoms with E-state index in [1.54, 1.807) is 14.2 Å². The van der Waals surface area contributed by atoms with Crippen molar-refractivity contribution >= 4 is 9.84 Å². The van der Waals surface area contributed by atoms with Gasteiger partial charge in [0, 0.05) is 11.6 Å². The van der Waals surface area contributed by atoms with Crippen LogP contribution in [0.1, 0.15) is 24.4 Å². The maximum Gasteiger partial charge on any atom is 0.150 e. The summed E-state index contributed by atoms with van der Waals surface area (Å²) in [4.78, 5) is 0. The van der Waals surface area contributed by atoms with Gasteiger partial charge in [0.05, 0.1) is 25.7 Å². The smallest absolute Gasteiger partial charge is 0.150 e. The fraction of sp³-hybridized carbons (Fsp3) is 0.600. The Kier molecular flexibility index (Phi) is 5.11. The summed E-state index contributed by atoms with van der Waals surface area (Å²) < 4.78 is 33.9. The summed E-state index contributed by atoms with van der Waals surface area (Å²) in [5, 5.41) is 3.27. The molecule has 0 radical (unpaired) electrons. The zero-order valence-electron chi connectivity index (χ0n) is 12.8. The molecule has 0 spiro atoms. The molecule has 21 heavy (non-hydrogen) atoms. The molecular weight excluding hydrogens is 290 g/mol. The fourth-order valence-electron chi connectivity index (χ4n) is 2.90. The van der Waals surface area contributed by atoms with Gasteiger partial charge in [0.25, 0.3) is 0 Å². The molecule has 2 atom stereocenters. The minimum Gasteiger partial charge on any atom is -0.497 e. The van der Waals surface area contributed by atoms with Crippen LogP contribution in [0.2, 0.25) is 0 Å². The molecule has 1 aliphatic rings. The van der Waals surface area contributed by atoms with Crippen LogP contribution in [0, 0.1) is 5.92 Å². The number of sulfone groups is 1. The van der Waals surface area contributed by atoms with Crippen molar-refractivity contribution < 1.29 is 17.9 Å². The summed E-state index contributed by atoms with van der Waals surface area (Å²) in [6.07, 6.45) is 1.52. The Hall–Kier alpha value is -1.27. The summed E-state index contributed by atoms with van der Waals surface area (Å²) in [5.41, 5.74) is 1.00. The molecule has 1 aliphatic heterocycles. The van der Waals surface area contributed by atoms with Crippen molar-refractivity contribution in [3.05, 3.63) is 23.8 Å². The van der Waals surface area contributed by atoms with Gasteiger partial charge in [-0.3, -0.25) is 0 Å². The van der Waals surface area contributed by atoms with E-state index in [9.17, 15) is 8.42 Å². The van der Waals surface area contributed by atoms with Crippen LogP contribution in [-0.2, 0) is 9.84 Å². The molecule has 6 heteroatoms. The van der Waals surface area contributed by atoms with Crippen molar-refractivity contribution in [2.45, 2.75) is 18.9 Å². The van der Waals surface area contributed by atoms with Crippen molar-refractivity contribution in [3.63, 3.8) is 0 Å². The van der Waals surface area contributed by atoms with Crippen LogP contribution in [0.4, 0.5) is 0 Å². The highest BCUT2D eigenvalue weighted by molar-refractivity contribution is 7.91. The fourth-order valence-corrected chi connectivity index (χ4v) is 4.78. The number of benzene rings is 1. The second-order valence-corrected chi connectivity index (χ2v) is 7.68. The van der Waals surface area contributed by atoms with Crippen molar-refractivity contribution in [1.29, 1.82) is 0 Å². The number of rotatable bonds is 6. The lowest BCUT2D eigenvalue weighted by Gasteiger charge is -2.22. The van der Waals surface area contributed by atoms with E-state index in [-0.39, 0.29) is 17.7 Å². The summed E-state index contributed by atoms with van der Waals surface area (Å²) in [6.45, 7) is 0. The molecule has 0 aromatic heterocycles. The molecule has 0 bridgehead atoms. The Balaban J connectivity index is 2.20. The average Bonchev–Trinajstić information content (AvgIpc) is 2.83. The van der Waals surface area contributed by atoms with Crippen molar-refractivity contribution in [3.8, 4) is 11.5 Å². The van der Waals surface area contributed by atoms with E-state index in [0.717, 1.165) is 29.9 Å². The predicted octanol–water partition coefficient (Wildman–Crippen LogP) is 1.79. The van der Waals surface area contributed by atoms with Crippen LogP contribution in [0.5, 0.6) is 11.5 Å². The minimum atomic E-state index is -2.84. The number of hydrogen-bond donors (Lipinski definition) is 1. The molecule has 1 aromatic carbocycles. The summed E-state index contributed by atoms with van der Waals surface area (Å²) >= 11 is 0. The van der Waals surface area contributed by atoms with Crippen molar-refractivity contribution in [1.82, 2.24) is 5.32 Å². The molecular formula is C15H23NO4S. The van der Waals surface area contributed by atoms with Gasteiger partial charge in [-0.05, 0) is 44.0 Å². The molecule has 1 N–H and O–H groups in total. The lowest BCUT2D eigenvalue weighted by Crippen LogP contribution is -2.21. The van der Waals surface area contributed by atoms with E-state index in [4.69, 9.17) is 9.47 Å². The molecule has 118 valence electrons. The zero-order valence-corrected chi connectivity index (χ0v) is 13.6. The summed E-state index contributed by atoms with van der Waals surface area (Å²) in [6, 6.07) is 5.73. The first-order valence-electron chi connectivity index (χ1n) is 7.08. The minimum absolute atomic E-state index is 0.0494. The van der Waals surface area contributed by atoms with Gasteiger partial charge in [-0.25, -0.2) is 8.42 Å². The van der Waals surface area contributed by atoms with Gasteiger partial charge in [0.15, 0.2) is 9.84 Å². The second-order valence-electron chi connectivity index (χ2n) is 5.45. The molecule has 0 saturated carbocycles. The topological polar surface area (TPSA) is 64.6 Å². The van der Waals surface area contributed by atoms with E-state index >= 15 is 0 Å². The Morgan fingerprint density at radius 3 is 2.62 bits per heavy atom. The average molecular weight is 313 g/mol. The largest absolute Gasteiger partial charge is 0.497 e. The van der Waals surface area contributed by atoms with Crippen LogP contribution in [0.3, 0.4) is 0 Å². The molecule has 2 rings (SSSR count). The molecule has 1 fully saturated rings. The Morgan fingerprint density at radius 2 is 2.10 bits per heavy atom. The van der Waals surface area contributed by atoms with Gasteiger partial charge >= 0.3 is 0 Å². The van der Waals surface area contributed by atoms with Gasteiger partial charge in [0.2, 0.25) is 0 Å². The van der Waals surface area contributed by atoms with Crippen molar-refractivity contribution in [2.75, 3.05) is 32.8 Å². The van der Waals surface area contributed by atoms with E-state index in [1.807, 2.05) is 25.2 Å². The molecule has 1 saturated heterocycles. The molecule has 1 aromatic rings. The van der Waals surface area contributed by atoms with Crippen LogP contribution < -0.4 is 14.8 Å². The second kappa shape index (κ2) is 6.66. The third-order valence-corrected chi connectivity index (χ3v) is 5.89. The summed E-state index contributed by atoms with van der Waals surface area (Å²) in [5.74, 6) is 2.35. The van der Waals surface area contributed by atoms with E-state index < -0.39 is 9.84 Å². The highest BCUT2D eigenvalue weighted by Gasteiger charge is 2.30. The standard InChI is InChI=1S/C15H23NO4S/c1-16-14(8-11-6-7-21(17,18)10-11)13-9-12(19-2)4-5-15(13)20-3/h4-5,9,11,14,16H,6-8,10H2,1-3H3. The first kappa shape index (κ1) is 16.1. The number of methoxy groups -OCH3 is 2. The normalized spacial score (nSPS) is 22.0. The number of nitrogens with one attached hydrogen (secondary N) is 1. The highest BCUT2D eigenvalue weighted by atomic mass is 32.2. The predicted molar refractivity (Wildman–Crippen MR) is 82.7 cm³/mol. The Morgan fingerprint density at radius 1 is 1.33 bits per heavy atom. The molecule has 1 heterocycles. The first-order valence-corrected chi connectivity index (χ1v) is 8.91. The quantitative estimate of drug-likeness (QED) is 0.867. The molecule has 2 unspecified atom stereocenters. The molecule has 5 nitrogen and oxygen atoms in total. The lowest BCUT2D eigenvalue weighted by atomic mass is 9.93. The van der Waals surface area contributed by atoms with Gasteiger partial charge in [-0.1, -0.05) is 0 Å². The van der Waals surface area contributed by atoms with E-state index in [2.05, 4.69) is 5.32 Å². The zero-order chi connectivity index (χ0) is 15.5. The van der Waals surface area contributed by atoms with Gasteiger partial charge in [-0.2, -0.15) is 0 Å². The lowest BCUT2D eigenvalue weighted by molar-refractivity contribution is 0.377. The Labute approximate surface area is 126 Å². The van der Waals surface area contributed by atoms with Gasteiger partial charge in [0.1, 0.15) is 11.5 Å². The maximum atomic E-state index is 11.6.